The lowest BCUT2D eigenvalue weighted by molar-refractivity contribution is 0.0470. The van der Waals surface area contributed by atoms with Gasteiger partial charge in [-0.3, -0.25) is 4.79 Å². The predicted octanol–water partition coefficient (Wildman–Crippen LogP) is 5.33. The van der Waals surface area contributed by atoms with Crippen LogP contribution in [0.15, 0.2) is 46.1 Å². The van der Waals surface area contributed by atoms with E-state index in [1.165, 1.54) is 30.0 Å². The van der Waals surface area contributed by atoms with Crippen molar-refractivity contribution in [2.75, 3.05) is 6.61 Å². The van der Waals surface area contributed by atoms with Gasteiger partial charge in [-0.25, -0.2) is 9.78 Å². The Balaban J connectivity index is 1.66. The molecule has 0 saturated heterocycles. The van der Waals surface area contributed by atoms with Crippen LogP contribution in [0.3, 0.4) is 0 Å². The Hall–Kier alpha value is -2.35. The van der Waals surface area contributed by atoms with E-state index in [0.29, 0.717) is 21.4 Å². The average Bonchev–Trinajstić information content (AvgIpc) is 3.04. The van der Waals surface area contributed by atoms with Crippen LogP contribution in [0.1, 0.15) is 37.7 Å². The fourth-order valence-electron chi connectivity index (χ4n) is 2.47. The summed E-state index contributed by atoms with van der Waals surface area (Å²) in [7, 11) is 0. The molecule has 3 rings (SSSR count). The molecular formula is C20H16Cl2N2O4S. The molecule has 1 aromatic carbocycles. The highest BCUT2D eigenvalue weighted by molar-refractivity contribution is 7.98. The molecule has 0 atom stereocenters. The van der Waals surface area contributed by atoms with Gasteiger partial charge in [0, 0.05) is 23.1 Å². The zero-order chi connectivity index (χ0) is 21.0. The van der Waals surface area contributed by atoms with E-state index in [0.717, 1.165) is 17.0 Å². The number of esters is 1. The number of aromatic nitrogens is 2. The van der Waals surface area contributed by atoms with Gasteiger partial charge in [-0.05, 0) is 44.2 Å². The smallest absolute Gasteiger partial charge is 0.341 e. The monoisotopic (exact) mass is 450 g/mol. The average molecular weight is 451 g/mol. The van der Waals surface area contributed by atoms with Crippen LogP contribution >= 0.6 is 35.0 Å². The van der Waals surface area contributed by atoms with Crippen molar-refractivity contribution in [3.63, 3.8) is 0 Å². The number of thioether (sulfide) groups is 1. The highest BCUT2D eigenvalue weighted by atomic mass is 35.5. The zero-order valence-electron chi connectivity index (χ0n) is 15.6. The Labute approximate surface area is 181 Å². The quantitative estimate of drug-likeness (QED) is 0.273. The summed E-state index contributed by atoms with van der Waals surface area (Å²) in [4.78, 5) is 29.0. The van der Waals surface area contributed by atoms with Gasteiger partial charge in [0.25, 0.3) is 0 Å². The second-order valence-electron chi connectivity index (χ2n) is 6.08. The van der Waals surface area contributed by atoms with Gasteiger partial charge in [-0.15, -0.1) is 11.8 Å². The molecule has 0 unspecified atom stereocenters. The number of nitrogens with zero attached hydrogens (tertiary/aromatic N) is 2. The van der Waals surface area contributed by atoms with Gasteiger partial charge in [0.1, 0.15) is 10.8 Å². The third-order valence-corrected chi connectivity index (χ3v) is 5.87. The van der Waals surface area contributed by atoms with Crippen molar-refractivity contribution in [1.82, 2.24) is 10.1 Å². The Bertz CT molecular complexity index is 1050. The molecule has 150 valence electrons. The van der Waals surface area contributed by atoms with Crippen molar-refractivity contribution in [2.45, 2.75) is 24.6 Å². The predicted molar refractivity (Wildman–Crippen MR) is 111 cm³/mol. The first-order valence-electron chi connectivity index (χ1n) is 8.51. The molecule has 29 heavy (non-hydrogen) atoms. The summed E-state index contributed by atoms with van der Waals surface area (Å²) in [5.74, 6) is 0.251. The highest BCUT2D eigenvalue weighted by Gasteiger charge is 2.18. The zero-order valence-corrected chi connectivity index (χ0v) is 17.9. The molecule has 2 aromatic heterocycles. The number of pyridine rings is 1. The van der Waals surface area contributed by atoms with Gasteiger partial charge in [0.05, 0.1) is 21.3 Å². The Kier molecular flexibility index (Phi) is 6.95. The van der Waals surface area contributed by atoms with Crippen LogP contribution < -0.4 is 0 Å². The van der Waals surface area contributed by atoms with Crippen LogP contribution in [0.5, 0.6) is 0 Å². The lowest BCUT2D eigenvalue weighted by Gasteiger charge is -2.08. The number of benzene rings is 1. The topological polar surface area (TPSA) is 82.3 Å². The maximum atomic E-state index is 12.5. The van der Waals surface area contributed by atoms with E-state index in [-0.39, 0.29) is 16.4 Å². The van der Waals surface area contributed by atoms with Gasteiger partial charge in [0.15, 0.2) is 12.4 Å². The molecule has 0 N–H and O–H groups in total. The molecule has 0 fully saturated rings. The summed E-state index contributed by atoms with van der Waals surface area (Å²) < 4.78 is 10.3. The van der Waals surface area contributed by atoms with Crippen molar-refractivity contribution in [3.8, 4) is 0 Å². The first kappa shape index (κ1) is 21.4. The summed E-state index contributed by atoms with van der Waals surface area (Å²) in [5, 5.41) is 5.02. The number of aryl methyl sites for hydroxylation is 2. The number of ether oxygens (including phenoxy) is 1. The lowest BCUT2D eigenvalue weighted by atomic mass is 10.1. The van der Waals surface area contributed by atoms with Crippen molar-refractivity contribution in [1.29, 1.82) is 0 Å². The number of Topliss-reactive ketones (excluding diaryl/α,β-unsaturated/α-hetero) is 1. The van der Waals surface area contributed by atoms with Crippen LogP contribution in [0.2, 0.25) is 10.0 Å². The van der Waals surface area contributed by atoms with Crippen LogP contribution in [0, 0.1) is 13.8 Å². The summed E-state index contributed by atoms with van der Waals surface area (Å²) in [6.07, 6.45) is 1.59. The van der Waals surface area contributed by atoms with E-state index in [9.17, 15) is 9.59 Å². The summed E-state index contributed by atoms with van der Waals surface area (Å²) >= 11 is 13.1. The van der Waals surface area contributed by atoms with E-state index >= 15 is 0 Å². The minimum atomic E-state index is -0.632. The van der Waals surface area contributed by atoms with Crippen LogP contribution in [-0.2, 0) is 10.5 Å². The second kappa shape index (κ2) is 9.43. The molecule has 0 bridgehead atoms. The summed E-state index contributed by atoms with van der Waals surface area (Å²) in [6.45, 7) is 3.27. The van der Waals surface area contributed by atoms with Crippen LogP contribution in [0.4, 0.5) is 0 Å². The van der Waals surface area contributed by atoms with Gasteiger partial charge < -0.3 is 9.26 Å². The number of carbonyl (C=O) groups is 2. The summed E-state index contributed by atoms with van der Waals surface area (Å²) in [5.41, 5.74) is 2.34. The molecule has 0 amide bonds. The number of ketones is 1. The largest absolute Gasteiger partial charge is 0.454 e. The van der Waals surface area contributed by atoms with Gasteiger partial charge >= 0.3 is 5.97 Å². The molecule has 9 heteroatoms. The first-order valence-corrected chi connectivity index (χ1v) is 10.3. The molecule has 0 aliphatic heterocycles. The highest BCUT2D eigenvalue weighted by Crippen LogP contribution is 2.28. The third-order valence-electron chi connectivity index (χ3n) is 4.10. The number of hydrogen-bond acceptors (Lipinski definition) is 7. The molecular weight excluding hydrogens is 435 g/mol. The maximum Gasteiger partial charge on any atom is 0.341 e. The molecule has 0 radical (unpaired) electrons. The van der Waals surface area contributed by atoms with E-state index in [4.69, 9.17) is 32.5 Å². The van der Waals surface area contributed by atoms with Gasteiger partial charge in [-0.2, -0.15) is 0 Å². The Morgan fingerprint density at radius 2 is 1.97 bits per heavy atom. The fraction of sp³-hybridized carbons (Fsp3) is 0.200. The van der Waals surface area contributed by atoms with Gasteiger partial charge in [-0.1, -0.05) is 28.4 Å². The van der Waals surface area contributed by atoms with Crippen molar-refractivity contribution in [2.24, 2.45) is 0 Å². The standard InChI is InChI=1S/C20H16Cl2N2O4S/c1-11-15(12(2)28-24-11)10-29-19-14(4-3-7-23-19)20(26)27-9-18(25)13-5-6-16(21)17(22)8-13/h3-8H,9-10H2,1-2H3. The van der Waals surface area contributed by atoms with Crippen LogP contribution in [-0.4, -0.2) is 28.5 Å². The molecule has 2 heterocycles. The van der Waals surface area contributed by atoms with Crippen LogP contribution in [0.25, 0.3) is 0 Å². The fourth-order valence-corrected chi connectivity index (χ4v) is 3.90. The second-order valence-corrected chi connectivity index (χ2v) is 7.85. The molecule has 6 nitrogen and oxygen atoms in total. The minimum Gasteiger partial charge on any atom is -0.454 e. The molecule has 0 saturated carbocycles. The molecule has 0 aliphatic rings. The summed E-state index contributed by atoms with van der Waals surface area (Å²) in [6, 6.07) is 7.73. The maximum absolute atomic E-state index is 12.5. The normalized spacial score (nSPS) is 10.8. The van der Waals surface area contributed by atoms with Crippen molar-refractivity contribution in [3.05, 3.63) is 74.7 Å². The van der Waals surface area contributed by atoms with E-state index in [1.807, 2.05) is 13.8 Å². The Morgan fingerprint density at radius 1 is 1.17 bits per heavy atom. The van der Waals surface area contributed by atoms with E-state index in [1.54, 1.807) is 18.3 Å². The van der Waals surface area contributed by atoms with Crippen molar-refractivity contribution < 1.29 is 18.8 Å². The molecule has 0 aliphatic carbocycles. The third kappa shape index (κ3) is 5.18. The number of halogens is 2. The Morgan fingerprint density at radius 3 is 2.66 bits per heavy atom. The van der Waals surface area contributed by atoms with Gasteiger partial charge in [0.2, 0.25) is 0 Å². The number of rotatable bonds is 7. The van der Waals surface area contributed by atoms with E-state index < -0.39 is 12.6 Å². The SMILES string of the molecule is Cc1noc(C)c1CSc1ncccc1C(=O)OCC(=O)c1ccc(Cl)c(Cl)c1. The minimum absolute atomic E-state index is 0.258. The first-order chi connectivity index (χ1) is 13.9. The van der Waals surface area contributed by atoms with E-state index in [2.05, 4.69) is 10.1 Å². The number of hydrogen-bond donors (Lipinski definition) is 0. The van der Waals surface area contributed by atoms with Crippen molar-refractivity contribution >= 4 is 46.7 Å². The molecule has 0 spiro atoms. The number of carbonyl (C=O) groups excluding carboxylic acids is 2. The molecule has 3 aromatic rings. The lowest BCUT2D eigenvalue weighted by Crippen LogP contribution is -2.15.